The zero-order chi connectivity index (χ0) is 10.1. The van der Waals surface area contributed by atoms with Gasteiger partial charge in [-0.15, -0.1) is 12.4 Å². The van der Waals surface area contributed by atoms with Gasteiger partial charge in [0, 0.05) is 6.54 Å². The fourth-order valence-electron chi connectivity index (χ4n) is 2.19. The zero-order valence-corrected chi connectivity index (χ0v) is 10.4. The molecule has 0 bridgehead atoms. The summed E-state index contributed by atoms with van der Waals surface area (Å²) in [5.41, 5.74) is 5.39. The lowest BCUT2D eigenvalue weighted by molar-refractivity contribution is -0.0226. The third-order valence-corrected chi connectivity index (χ3v) is 3.63. The highest BCUT2D eigenvalue weighted by Gasteiger charge is 2.36. The zero-order valence-electron chi connectivity index (χ0n) is 9.55. The van der Waals surface area contributed by atoms with Crippen LogP contribution in [0.2, 0.25) is 0 Å². The van der Waals surface area contributed by atoms with Crippen LogP contribution in [-0.2, 0) is 0 Å². The molecular weight excluding hydrogens is 198 g/mol. The Morgan fingerprint density at radius 2 is 1.79 bits per heavy atom. The van der Waals surface area contributed by atoms with Gasteiger partial charge in [-0.3, -0.25) is 0 Å². The molecule has 1 aliphatic rings. The maximum Gasteiger partial charge on any atom is 0.0769 e. The van der Waals surface area contributed by atoms with Crippen LogP contribution in [0.15, 0.2) is 0 Å². The smallest absolute Gasteiger partial charge is 0.0769 e. The summed E-state index contributed by atoms with van der Waals surface area (Å²) in [5.74, 6) is 0.408. The predicted molar refractivity (Wildman–Crippen MR) is 62.7 cm³/mol. The Balaban J connectivity index is 0.00000169. The molecule has 1 unspecified atom stereocenters. The topological polar surface area (TPSA) is 46.2 Å². The fourth-order valence-corrected chi connectivity index (χ4v) is 2.19. The molecule has 0 spiro atoms. The Bertz CT molecular complexity index is 170. The SMILES string of the molecule is CC1(C)CCC(C(C)(O)CN)CC1.Cl. The van der Waals surface area contributed by atoms with Crippen molar-refractivity contribution in [1.29, 1.82) is 0 Å². The third-order valence-electron chi connectivity index (χ3n) is 3.63. The second-order valence-electron chi connectivity index (χ2n) is 5.50. The highest BCUT2D eigenvalue weighted by atomic mass is 35.5. The average molecular weight is 222 g/mol. The monoisotopic (exact) mass is 221 g/mol. The summed E-state index contributed by atoms with van der Waals surface area (Å²) in [6.07, 6.45) is 4.68. The van der Waals surface area contributed by atoms with Crippen LogP contribution < -0.4 is 5.73 Å². The van der Waals surface area contributed by atoms with Crippen molar-refractivity contribution in [2.45, 2.75) is 52.1 Å². The first-order chi connectivity index (χ1) is 5.87. The first-order valence-electron chi connectivity index (χ1n) is 5.30. The normalized spacial score (nSPS) is 26.4. The van der Waals surface area contributed by atoms with Crippen LogP contribution in [-0.4, -0.2) is 17.3 Å². The molecule has 0 saturated heterocycles. The maximum atomic E-state index is 9.99. The average Bonchev–Trinajstić information content (AvgIpc) is 2.04. The number of hydrogen-bond acceptors (Lipinski definition) is 2. The number of hydrogen-bond donors (Lipinski definition) is 2. The van der Waals surface area contributed by atoms with Gasteiger partial charge < -0.3 is 10.8 Å². The first kappa shape index (κ1) is 14.2. The molecule has 14 heavy (non-hydrogen) atoms. The van der Waals surface area contributed by atoms with Gasteiger partial charge in [-0.25, -0.2) is 0 Å². The molecule has 1 fully saturated rings. The lowest BCUT2D eigenvalue weighted by Gasteiger charge is -2.40. The van der Waals surface area contributed by atoms with Gasteiger partial charge in [-0.1, -0.05) is 13.8 Å². The second kappa shape index (κ2) is 4.82. The molecule has 2 nitrogen and oxygen atoms in total. The van der Waals surface area contributed by atoms with E-state index in [0.29, 0.717) is 17.9 Å². The predicted octanol–water partition coefficient (Wildman–Crippen LogP) is 2.33. The second-order valence-corrected chi connectivity index (χ2v) is 5.50. The Labute approximate surface area is 93.7 Å². The van der Waals surface area contributed by atoms with E-state index in [4.69, 9.17) is 5.73 Å². The van der Waals surface area contributed by atoms with E-state index in [-0.39, 0.29) is 12.4 Å². The molecule has 0 heterocycles. The lowest BCUT2D eigenvalue weighted by Crippen LogP contribution is -2.44. The Morgan fingerprint density at radius 1 is 1.36 bits per heavy atom. The summed E-state index contributed by atoms with van der Waals surface area (Å²) in [7, 11) is 0. The van der Waals surface area contributed by atoms with Crippen molar-refractivity contribution in [2.24, 2.45) is 17.1 Å². The van der Waals surface area contributed by atoms with E-state index in [0.717, 1.165) is 12.8 Å². The van der Waals surface area contributed by atoms with E-state index in [1.54, 1.807) is 0 Å². The van der Waals surface area contributed by atoms with Crippen molar-refractivity contribution >= 4 is 12.4 Å². The third kappa shape index (κ3) is 3.41. The first-order valence-corrected chi connectivity index (χ1v) is 5.30. The summed E-state index contributed by atoms with van der Waals surface area (Å²) in [6.45, 7) is 6.87. The van der Waals surface area contributed by atoms with Gasteiger partial charge >= 0.3 is 0 Å². The van der Waals surface area contributed by atoms with E-state index in [9.17, 15) is 5.11 Å². The molecule has 0 aromatic carbocycles. The Kier molecular flexibility index (Phi) is 4.89. The van der Waals surface area contributed by atoms with Crippen molar-refractivity contribution in [3.05, 3.63) is 0 Å². The van der Waals surface area contributed by atoms with Gasteiger partial charge in [0.05, 0.1) is 5.60 Å². The van der Waals surface area contributed by atoms with Crippen molar-refractivity contribution in [3.8, 4) is 0 Å². The van der Waals surface area contributed by atoms with Crippen molar-refractivity contribution in [2.75, 3.05) is 6.54 Å². The molecule has 1 rings (SSSR count). The van der Waals surface area contributed by atoms with Crippen molar-refractivity contribution in [3.63, 3.8) is 0 Å². The van der Waals surface area contributed by atoms with Crippen LogP contribution in [0, 0.1) is 11.3 Å². The van der Waals surface area contributed by atoms with E-state index in [1.807, 2.05) is 6.92 Å². The summed E-state index contributed by atoms with van der Waals surface area (Å²) in [4.78, 5) is 0. The van der Waals surface area contributed by atoms with Gasteiger partial charge in [-0.2, -0.15) is 0 Å². The van der Waals surface area contributed by atoms with Gasteiger partial charge in [0.15, 0.2) is 0 Å². The largest absolute Gasteiger partial charge is 0.389 e. The molecule has 86 valence electrons. The minimum absolute atomic E-state index is 0. The van der Waals surface area contributed by atoms with E-state index in [1.165, 1.54) is 12.8 Å². The molecule has 1 aliphatic carbocycles. The molecular formula is C11H24ClNO. The maximum absolute atomic E-state index is 9.99. The van der Waals surface area contributed by atoms with Crippen LogP contribution in [0.3, 0.4) is 0 Å². The number of halogens is 1. The Hall–Kier alpha value is 0.210. The molecule has 3 N–H and O–H groups in total. The van der Waals surface area contributed by atoms with Crippen LogP contribution in [0.25, 0.3) is 0 Å². The van der Waals surface area contributed by atoms with Crippen LogP contribution in [0.5, 0.6) is 0 Å². The van der Waals surface area contributed by atoms with Crippen molar-refractivity contribution in [1.82, 2.24) is 0 Å². The number of aliphatic hydroxyl groups is 1. The van der Waals surface area contributed by atoms with Gasteiger partial charge in [-0.05, 0) is 43.9 Å². The lowest BCUT2D eigenvalue weighted by atomic mass is 9.68. The highest BCUT2D eigenvalue weighted by molar-refractivity contribution is 5.85. The molecule has 1 saturated carbocycles. The van der Waals surface area contributed by atoms with Crippen LogP contribution in [0.1, 0.15) is 46.5 Å². The summed E-state index contributed by atoms with van der Waals surface area (Å²) in [6, 6.07) is 0. The molecule has 0 aromatic rings. The van der Waals surface area contributed by atoms with Crippen LogP contribution >= 0.6 is 12.4 Å². The van der Waals surface area contributed by atoms with E-state index < -0.39 is 5.60 Å². The van der Waals surface area contributed by atoms with E-state index in [2.05, 4.69) is 13.8 Å². The number of nitrogens with two attached hydrogens (primary N) is 1. The van der Waals surface area contributed by atoms with Gasteiger partial charge in [0.2, 0.25) is 0 Å². The van der Waals surface area contributed by atoms with Gasteiger partial charge in [0.25, 0.3) is 0 Å². The molecule has 0 radical (unpaired) electrons. The highest BCUT2D eigenvalue weighted by Crippen LogP contribution is 2.41. The summed E-state index contributed by atoms with van der Waals surface area (Å²) in [5, 5.41) is 9.99. The molecule has 1 atom stereocenters. The molecule has 0 amide bonds. The Morgan fingerprint density at radius 3 is 2.14 bits per heavy atom. The summed E-state index contributed by atoms with van der Waals surface area (Å²) < 4.78 is 0. The fraction of sp³-hybridized carbons (Fsp3) is 1.00. The van der Waals surface area contributed by atoms with Crippen molar-refractivity contribution < 1.29 is 5.11 Å². The summed E-state index contributed by atoms with van der Waals surface area (Å²) >= 11 is 0. The quantitative estimate of drug-likeness (QED) is 0.752. The van der Waals surface area contributed by atoms with Crippen LogP contribution in [0.4, 0.5) is 0 Å². The standard InChI is InChI=1S/C11H23NO.ClH/c1-10(2)6-4-9(5-7-10)11(3,13)8-12;/h9,13H,4-8,12H2,1-3H3;1H. The molecule has 3 heteroatoms. The number of rotatable bonds is 2. The molecule has 0 aliphatic heterocycles. The van der Waals surface area contributed by atoms with E-state index >= 15 is 0 Å². The molecule has 0 aromatic heterocycles. The minimum atomic E-state index is -0.642. The minimum Gasteiger partial charge on any atom is -0.389 e. The van der Waals surface area contributed by atoms with Gasteiger partial charge in [0.1, 0.15) is 0 Å².